The number of hydrogen-bond donors (Lipinski definition) is 1. The third kappa shape index (κ3) is 7.10. The summed E-state index contributed by atoms with van der Waals surface area (Å²) in [5.41, 5.74) is 3.83. The van der Waals surface area contributed by atoms with Gasteiger partial charge in [0, 0.05) is 24.7 Å². The summed E-state index contributed by atoms with van der Waals surface area (Å²) in [6.07, 6.45) is 7.17. The Morgan fingerprint density at radius 3 is 2.43 bits per heavy atom. The lowest BCUT2D eigenvalue weighted by atomic mass is 9.85. The first-order chi connectivity index (χ1) is 22.2. The van der Waals surface area contributed by atoms with Crippen LogP contribution in [0, 0.1) is 5.92 Å². The second-order valence-electron chi connectivity index (χ2n) is 13.1. The Morgan fingerprint density at radius 2 is 1.80 bits per heavy atom. The van der Waals surface area contributed by atoms with E-state index in [0.717, 1.165) is 60.4 Å². The molecule has 10 heteroatoms. The molecule has 2 aliphatic heterocycles. The van der Waals surface area contributed by atoms with Crippen LogP contribution in [0.1, 0.15) is 62.3 Å². The van der Waals surface area contributed by atoms with Crippen LogP contribution in [-0.4, -0.2) is 67.8 Å². The fourth-order valence-electron chi connectivity index (χ4n) is 7.18. The average molecular weight is 646 g/mol. The normalized spacial score (nSPS) is 21.7. The van der Waals surface area contributed by atoms with E-state index in [1.54, 1.807) is 7.11 Å². The lowest BCUT2D eigenvalue weighted by Gasteiger charge is -2.38. The zero-order valence-corrected chi connectivity index (χ0v) is 27.9. The fraction of sp³-hybridized carbons (Fsp3) is 0.472. The highest BCUT2D eigenvalue weighted by molar-refractivity contribution is 6.30. The number of pyridine rings is 1. The van der Waals surface area contributed by atoms with Gasteiger partial charge in [-0.1, -0.05) is 23.7 Å². The molecular formula is C36H44ClN5O4. The first-order valence-electron chi connectivity index (χ1n) is 16.3. The Hall–Kier alpha value is -3.82. The molecule has 1 atom stereocenters. The van der Waals surface area contributed by atoms with Crippen LogP contribution in [0.2, 0.25) is 5.02 Å². The van der Waals surface area contributed by atoms with Crippen LogP contribution in [0.25, 0.3) is 0 Å². The third-order valence-corrected chi connectivity index (χ3v) is 9.76. The number of ether oxygens (including phenoxy) is 2. The van der Waals surface area contributed by atoms with Crippen LogP contribution in [0.3, 0.4) is 0 Å². The molecule has 3 heterocycles. The van der Waals surface area contributed by atoms with E-state index in [9.17, 15) is 9.59 Å². The zero-order chi connectivity index (χ0) is 32.4. The second-order valence-corrected chi connectivity index (χ2v) is 13.5. The molecule has 3 aromatic rings. The maximum Gasteiger partial charge on any atom is 0.235 e. The summed E-state index contributed by atoms with van der Waals surface area (Å²) in [7, 11) is 3.72. The zero-order valence-electron chi connectivity index (χ0n) is 27.2. The van der Waals surface area contributed by atoms with E-state index < -0.39 is 0 Å². The van der Waals surface area contributed by atoms with Crippen LogP contribution < -0.4 is 24.6 Å². The van der Waals surface area contributed by atoms with Gasteiger partial charge < -0.3 is 24.6 Å². The van der Waals surface area contributed by atoms with Gasteiger partial charge in [-0.05, 0) is 105 Å². The van der Waals surface area contributed by atoms with Crippen LogP contribution in [0.4, 0.5) is 11.5 Å². The molecule has 1 saturated heterocycles. The molecule has 1 aromatic heterocycles. The maximum absolute atomic E-state index is 13.9. The van der Waals surface area contributed by atoms with Crippen molar-refractivity contribution >= 4 is 34.9 Å². The van der Waals surface area contributed by atoms with Crippen molar-refractivity contribution in [2.75, 3.05) is 43.7 Å². The van der Waals surface area contributed by atoms with E-state index >= 15 is 0 Å². The highest BCUT2D eigenvalue weighted by atomic mass is 35.5. The highest BCUT2D eigenvalue weighted by Gasteiger charge is 2.36. The Bertz CT molecular complexity index is 1540. The molecule has 9 nitrogen and oxygen atoms in total. The van der Waals surface area contributed by atoms with Crippen molar-refractivity contribution in [2.24, 2.45) is 5.92 Å². The summed E-state index contributed by atoms with van der Waals surface area (Å²) in [4.78, 5) is 36.7. The minimum absolute atomic E-state index is 0.0145. The lowest BCUT2D eigenvalue weighted by molar-refractivity contribution is -0.119. The number of methoxy groups -OCH3 is 1. The number of aromatic nitrogens is 1. The Morgan fingerprint density at radius 1 is 1.04 bits per heavy atom. The molecule has 1 N–H and O–H groups in total. The minimum atomic E-state index is -0.264. The van der Waals surface area contributed by atoms with Gasteiger partial charge in [0.1, 0.15) is 5.82 Å². The molecule has 0 spiro atoms. The molecule has 2 aromatic carbocycles. The lowest BCUT2D eigenvalue weighted by Crippen LogP contribution is -2.41. The highest BCUT2D eigenvalue weighted by Crippen LogP contribution is 2.42. The Kier molecular flexibility index (Phi) is 9.70. The number of fused-ring (bicyclic) bond motifs is 1. The molecule has 46 heavy (non-hydrogen) atoms. The number of carbonyl (C=O) groups excluding carboxylic acids is 2. The SMILES string of the molecule is COc1cc2c(cc1OC(C)C)C(Cc1ccc(Cl)cc1)N(c1ccc(N(C)CC3CCC(N4CNC(=O)C4)CC3)nc1)C(=O)C2. The van der Waals surface area contributed by atoms with Crippen molar-refractivity contribution in [3.8, 4) is 11.5 Å². The Labute approximate surface area is 276 Å². The van der Waals surface area contributed by atoms with Gasteiger partial charge in [-0.2, -0.15) is 0 Å². The number of nitrogens with one attached hydrogen (secondary N) is 1. The van der Waals surface area contributed by atoms with Crippen LogP contribution >= 0.6 is 11.6 Å². The summed E-state index contributed by atoms with van der Waals surface area (Å²) in [6.45, 7) is 6.11. The van der Waals surface area contributed by atoms with Gasteiger partial charge in [-0.15, -0.1) is 0 Å². The van der Waals surface area contributed by atoms with Gasteiger partial charge in [0.05, 0.1) is 50.8 Å². The third-order valence-electron chi connectivity index (χ3n) is 9.50. The van der Waals surface area contributed by atoms with E-state index in [-0.39, 0.29) is 30.4 Å². The number of rotatable bonds is 10. The average Bonchev–Trinajstić information content (AvgIpc) is 3.48. The topological polar surface area (TPSA) is 87.2 Å². The summed E-state index contributed by atoms with van der Waals surface area (Å²) >= 11 is 6.20. The van der Waals surface area contributed by atoms with Crippen molar-refractivity contribution in [2.45, 2.75) is 70.6 Å². The summed E-state index contributed by atoms with van der Waals surface area (Å²) < 4.78 is 11.8. The largest absolute Gasteiger partial charge is 0.493 e. The molecule has 2 fully saturated rings. The summed E-state index contributed by atoms with van der Waals surface area (Å²) in [5, 5.41) is 3.60. The number of benzene rings is 2. The quantitative estimate of drug-likeness (QED) is 0.299. The molecule has 0 radical (unpaired) electrons. The fourth-order valence-corrected chi connectivity index (χ4v) is 7.31. The molecule has 1 unspecified atom stereocenters. The van der Waals surface area contributed by atoms with Crippen LogP contribution in [-0.2, 0) is 22.4 Å². The van der Waals surface area contributed by atoms with Crippen LogP contribution in [0.5, 0.6) is 11.5 Å². The Balaban J connectivity index is 1.21. The molecule has 3 aliphatic rings. The monoisotopic (exact) mass is 645 g/mol. The molecular weight excluding hydrogens is 602 g/mol. The van der Waals surface area contributed by atoms with E-state index in [1.165, 1.54) is 0 Å². The minimum Gasteiger partial charge on any atom is -0.493 e. The first-order valence-corrected chi connectivity index (χ1v) is 16.7. The van der Waals surface area contributed by atoms with Gasteiger partial charge in [-0.3, -0.25) is 14.5 Å². The molecule has 244 valence electrons. The number of amides is 2. The van der Waals surface area contributed by atoms with Crippen molar-refractivity contribution < 1.29 is 19.1 Å². The molecule has 1 aliphatic carbocycles. The predicted molar refractivity (Wildman–Crippen MR) is 181 cm³/mol. The van der Waals surface area contributed by atoms with Gasteiger partial charge in [0.15, 0.2) is 11.5 Å². The number of halogens is 1. The van der Waals surface area contributed by atoms with Gasteiger partial charge >= 0.3 is 0 Å². The number of anilines is 2. The van der Waals surface area contributed by atoms with Gasteiger partial charge in [-0.25, -0.2) is 4.98 Å². The van der Waals surface area contributed by atoms with E-state index in [2.05, 4.69) is 22.2 Å². The van der Waals surface area contributed by atoms with E-state index in [4.69, 9.17) is 26.1 Å². The van der Waals surface area contributed by atoms with Crippen molar-refractivity contribution in [3.05, 3.63) is 76.4 Å². The van der Waals surface area contributed by atoms with Gasteiger partial charge in [0.25, 0.3) is 0 Å². The summed E-state index contributed by atoms with van der Waals surface area (Å²) in [5.74, 6) is 2.91. The van der Waals surface area contributed by atoms with Crippen LogP contribution in [0.15, 0.2) is 54.7 Å². The molecule has 1 saturated carbocycles. The maximum atomic E-state index is 13.9. The van der Waals surface area contributed by atoms with E-state index in [1.807, 2.05) is 73.5 Å². The number of carbonyl (C=O) groups is 2. The van der Waals surface area contributed by atoms with Gasteiger partial charge in [0.2, 0.25) is 11.8 Å². The number of hydrogen-bond acceptors (Lipinski definition) is 7. The molecule has 0 bridgehead atoms. The summed E-state index contributed by atoms with van der Waals surface area (Å²) in [6, 6.07) is 16.0. The first kappa shape index (κ1) is 32.1. The van der Waals surface area contributed by atoms with Crippen molar-refractivity contribution in [1.82, 2.24) is 15.2 Å². The standard InChI is InChI=1S/C36H44ClN5O4/c1-23(2)46-33-18-30-26(16-32(33)45-4)17-36(44)42(31(30)15-24-5-9-27(37)10-6-24)29-13-14-34(38-19-29)40(3)20-25-7-11-28(12-8-25)41-21-35(43)39-22-41/h5-6,9-10,13-14,16,18-19,23,25,28,31H,7-8,11-12,15,17,20-22H2,1-4H3,(H,39,43). The second kappa shape index (κ2) is 13.9. The molecule has 6 rings (SSSR count). The van der Waals surface area contributed by atoms with E-state index in [0.29, 0.717) is 48.1 Å². The molecule has 2 amide bonds. The van der Waals surface area contributed by atoms with Crippen molar-refractivity contribution in [3.63, 3.8) is 0 Å². The number of nitrogens with zero attached hydrogens (tertiary/aromatic N) is 4. The predicted octanol–water partition coefficient (Wildman–Crippen LogP) is 5.79. The smallest absolute Gasteiger partial charge is 0.235 e. The van der Waals surface area contributed by atoms with Crippen molar-refractivity contribution in [1.29, 1.82) is 0 Å².